The van der Waals surface area contributed by atoms with E-state index in [4.69, 9.17) is 9.47 Å². The van der Waals surface area contributed by atoms with E-state index in [1.807, 2.05) is 62.4 Å². The van der Waals surface area contributed by atoms with Gasteiger partial charge in [0.1, 0.15) is 0 Å². The number of guanidine groups is 1. The van der Waals surface area contributed by atoms with E-state index >= 15 is 0 Å². The first-order valence-corrected chi connectivity index (χ1v) is 11.9. The maximum Gasteiger partial charge on any atom is 0.326 e. The highest BCUT2D eigenvalue weighted by atomic mass is 16.7. The summed E-state index contributed by atoms with van der Waals surface area (Å²) in [6.45, 7) is 7.88. The first-order valence-electron chi connectivity index (χ1n) is 11.9. The second-order valence-electron chi connectivity index (χ2n) is 8.78. The van der Waals surface area contributed by atoms with Crippen molar-refractivity contribution in [2.75, 3.05) is 38.3 Å². The highest BCUT2D eigenvalue weighted by molar-refractivity contribution is 6.02. The molecule has 0 saturated carbocycles. The van der Waals surface area contributed by atoms with Crippen LogP contribution in [0.5, 0.6) is 11.5 Å². The number of fused-ring (bicyclic) bond motifs is 1. The summed E-state index contributed by atoms with van der Waals surface area (Å²) in [6.07, 6.45) is 0. The fourth-order valence-corrected chi connectivity index (χ4v) is 4.23. The van der Waals surface area contributed by atoms with Gasteiger partial charge in [0.15, 0.2) is 11.5 Å². The Morgan fingerprint density at radius 1 is 0.944 bits per heavy atom. The predicted molar refractivity (Wildman–Crippen MR) is 137 cm³/mol. The van der Waals surface area contributed by atoms with Gasteiger partial charge in [0.25, 0.3) is 5.95 Å². The molecule has 0 aliphatic carbocycles. The lowest BCUT2D eigenvalue weighted by molar-refractivity contribution is 0.171. The molecule has 0 bridgehead atoms. The number of rotatable bonds is 4. The smallest absolute Gasteiger partial charge is 0.326 e. The lowest BCUT2D eigenvalue weighted by Gasteiger charge is -2.36. The van der Waals surface area contributed by atoms with Crippen LogP contribution >= 0.6 is 0 Å². The van der Waals surface area contributed by atoms with Gasteiger partial charge in [0.05, 0.1) is 0 Å². The molecule has 0 atom stereocenters. The zero-order valence-corrected chi connectivity index (χ0v) is 20.4. The first kappa shape index (κ1) is 23.6. The second-order valence-corrected chi connectivity index (χ2v) is 8.78. The minimum Gasteiger partial charge on any atom is -0.454 e. The summed E-state index contributed by atoms with van der Waals surface area (Å²) < 4.78 is 10.9. The van der Waals surface area contributed by atoms with Crippen LogP contribution in [-0.2, 0) is 6.54 Å². The molecular formula is C26H29N7O3. The zero-order chi connectivity index (χ0) is 24.9. The number of piperazine rings is 1. The van der Waals surface area contributed by atoms with Crippen molar-refractivity contribution < 1.29 is 14.3 Å². The molecule has 2 amide bonds. The SMILES string of the molecule is Cc1cc(C)nc(/N=C(\NC(=O)Nc2ccccc2)N2CCN(Cc3ccc4c(c3)OCO4)CC2)n1. The number of nitrogens with one attached hydrogen (secondary N) is 2. The molecule has 2 aliphatic heterocycles. The molecule has 0 radical (unpaired) electrons. The topological polar surface area (TPSA) is 104 Å². The van der Waals surface area contributed by atoms with Crippen molar-refractivity contribution in [3.05, 3.63) is 71.5 Å². The maximum atomic E-state index is 12.8. The number of para-hydroxylation sites is 1. The van der Waals surface area contributed by atoms with Gasteiger partial charge < -0.3 is 19.7 Å². The molecule has 10 heteroatoms. The number of aliphatic imine (C=N–C) groups is 1. The van der Waals surface area contributed by atoms with Gasteiger partial charge in [-0.3, -0.25) is 10.2 Å². The van der Waals surface area contributed by atoms with Crippen molar-refractivity contribution in [2.24, 2.45) is 4.99 Å². The zero-order valence-electron chi connectivity index (χ0n) is 20.4. The van der Waals surface area contributed by atoms with E-state index < -0.39 is 0 Å². The molecule has 2 aliphatic rings. The average Bonchev–Trinajstić information content (AvgIpc) is 3.32. The van der Waals surface area contributed by atoms with Crippen molar-refractivity contribution >= 4 is 23.6 Å². The van der Waals surface area contributed by atoms with Crippen LogP contribution in [0.25, 0.3) is 0 Å². The van der Waals surface area contributed by atoms with E-state index in [0.717, 1.165) is 42.5 Å². The standard InChI is InChI=1S/C26H29N7O3/c1-18-14-19(2)28-24(27-18)30-25(31-26(34)29-21-6-4-3-5-7-21)33-12-10-32(11-13-33)16-20-8-9-22-23(15-20)36-17-35-22/h3-9,14-15H,10-13,16-17H2,1-2H3,(H2,27,28,29,30,31,34). The molecule has 0 spiro atoms. The molecule has 3 aromatic rings. The van der Waals surface area contributed by atoms with Crippen LogP contribution in [0.3, 0.4) is 0 Å². The van der Waals surface area contributed by atoms with Crippen molar-refractivity contribution in [2.45, 2.75) is 20.4 Å². The van der Waals surface area contributed by atoms with Crippen molar-refractivity contribution in [3.63, 3.8) is 0 Å². The molecule has 3 heterocycles. The molecular weight excluding hydrogens is 458 g/mol. The molecule has 186 valence electrons. The number of anilines is 1. The number of carbonyl (C=O) groups is 1. The number of aromatic nitrogens is 2. The fraction of sp³-hybridized carbons (Fsp3) is 0.308. The van der Waals surface area contributed by atoms with Crippen LogP contribution in [-0.4, -0.2) is 64.7 Å². The fourth-order valence-electron chi connectivity index (χ4n) is 4.23. The Hall–Kier alpha value is -4.18. The number of aryl methyl sites for hydroxylation is 2. The van der Waals surface area contributed by atoms with E-state index in [-0.39, 0.29) is 12.8 Å². The minimum atomic E-state index is -0.368. The van der Waals surface area contributed by atoms with Crippen LogP contribution in [0.4, 0.5) is 16.4 Å². The van der Waals surface area contributed by atoms with Crippen LogP contribution in [0, 0.1) is 13.8 Å². The van der Waals surface area contributed by atoms with Crippen LogP contribution in [0.2, 0.25) is 0 Å². The molecule has 1 aromatic heterocycles. The molecule has 10 nitrogen and oxygen atoms in total. The average molecular weight is 488 g/mol. The monoisotopic (exact) mass is 487 g/mol. The second kappa shape index (κ2) is 10.6. The van der Waals surface area contributed by atoms with Gasteiger partial charge in [0.2, 0.25) is 12.8 Å². The van der Waals surface area contributed by atoms with Crippen LogP contribution in [0.1, 0.15) is 17.0 Å². The predicted octanol–water partition coefficient (Wildman–Crippen LogP) is 3.45. The van der Waals surface area contributed by atoms with Gasteiger partial charge in [-0.15, -0.1) is 0 Å². The Bertz CT molecular complexity index is 1240. The Kier molecular flexibility index (Phi) is 6.94. The summed E-state index contributed by atoms with van der Waals surface area (Å²) in [5.74, 6) is 2.34. The Balaban J connectivity index is 1.27. The number of ether oxygens (including phenoxy) is 2. The van der Waals surface area contributed by atoms with E-state index in [9.17, 15) is 4.79 Å². The van der Waals surface area contributed by atoms with Crippen molar-refractivity contribution in [1.82, 2.24) is 25.1 Å². The van der Waals surface area contributed by atoms with Crippen molar-refractivity contribution in [1.29, 1.82) is 0 Å². The summed E-state index contributed by atoms with van der Waals surface area (Å²) in [7, 11) is 0. The third kappa shape index (κ3) is 5.89. The summed E-state index contributed by atoms with van der Waals surface area (Å²) in [5.41, 5.74) is 3.52. The van der Waals surface area contributed by atoms with Gasteiger partial charge in [-0.1, -0.05) is 24.3 Å². The van der Waals surface area contributed by atoms with Gasteiger partial charge >= 0.3 is 6.03 Å². The van der Waals surface area contributed by atoms with E-state index in [0.29, 0.717) is 30.7 Å². The maximum absolute atomic E-state index is 12.8. The molecule has 1 saturated heterocycles. The molecule has 2 N–H and O–H groups in total. The summed E-state index contributed by atoms with van der Waals surface area (Å²) in [5, 5.41) is 5.76. The van der Waals surface area contributed by atoms with Crippen molar-refractivity contribution in [3.8, 4) is 11.5 Å². The number of hydrogen-bond donors (Lipinski definition) is 2. The largest absolute Gasteiger partial charge is 0.454 e. The van der Waals surface area contributed by atoms with E-state index in [1.165, 1.54) is 5.56 Å². The molecule has 0 unspecified atom stereocenters. The third-order valence-electron chi connectivity index (χ3n) is 5.95. The molecule has 1 fully saturated rings. The Morgan fingerprint density at radius 2 is 1.67 bits per heavy atom. The number of hydrogen-bond acceptors (Lipinski definition) is 7. The first-order chi connectivity index (χ1) is 17.5. The third-order valence-corrected chi connectivity index (χ3v) is 5.95. The lowest BCUT2D eigenvalue weighted by Crippen LogP contribution is -2.53. The van der Waals surface area contributed by atoms with Gasteiger partial charge in [0, 0.05) is 49.8 Å². The van der Waals surface area contributed by atoms with E-state index in [2.05, 4.69) is 41.5 Å². The van der Waals surface area contributed by atoms with Crippen LogP contribution < -0.4 is 20.1 Å². The quantitative estimate of drug-likeness (QED) is 0.429. The molecule has 2 aromatic carbocycles. The lowest BCUT2D eigenvalue weighted by atomic mass is 10.1. The highest BCUT2D eigenvalue weighted by Gasteiger charge is 2.23. The molecule has 36 heavy (non-hydrogen) atoms. The Labute approximate surface area is 210 Å². The normalized spacial score (nSPS) is 15.6. The summed E-state index contributed by atoms with van der Waals surface area (Å²) in [6, 6.07) is 16.9. The highest BCUT2D eigenvalue weighted by Crippen LogP contribution is 2.32. The van der Waals surface area contributed by atoms with Gasteiger partial charge in [-0.05, 0) is 49.7 Å². The summed E-state index contributed by atoms with van der Waals surface area (Å²) >= 11 is 0. The number of amides is 2. The summed E-state index contributed by atoms with van der Waals surface area (Å²) in [4.78, 5) is 30.7. The number of benzene rings is 2. The number of nitrogens with zero attached hydrogens (tertiary/aromatic N) is 5. The number of carbonyl (C=O) groups excluding carboxylic acids is 1. The Morgan fingerprint density at radius 3 is 2.42 bits per heavy atom. The molecule has 5 rings (SSSR count). The van der Waals surface area contributed by atoms with Gasteiger partial charge in [-0.25, -0.2) is 14.8 Å². The minimum absolute atomic E-state index is 0.272. The van der Waals surface area contributed by atoms with E-state index in [1.54, 1.807) is 0 Å². The van der Waals surface area contributed by atoms with Gasteiger partial charge in [-0.2, -0.15) is 4.99 Å². The number of urea groups is 1. The van der Waals surface area contributed by atoms with Crippen LogP contribution in [0.15, 0.2) is 59.6 Å².